The average molecular weight is 306 g/mol. The Morgan fingerprint density at radius 1 is 1.36 bits per heavy atom. The van der Waals surface area contributed by atoms with E-state index < -0.39 is 11.7 Å². The molecule has 2 rings (SSSR count). The standard InChI is InChI=1S/C16H22N2O4/c1-16(2,3)22-15(20)18-8-7-11(9-14(18)19)12-5-6-13(21-4)17-10-12/h5-6,10-11H,7-9H2,1-4H3/t11-/m0/s1. The molecular weight excluding hydrogens is 284 g/mol. The van der Waals surface area contributed by atoms with Crippen molar-refractivity contribution in [2.75, 3.05) is 13.7 Å². The van der Waals surface area contributed by atoms with Crippen LogP contribution in [-0.4, -0.2) is 41.1 Å². The van der Waals surface area contributed by atoms with E-state index in [1.54, 1.807) is 40.1 Å². The molecule has 1 aromatic rings. The van der Waals surface area contributed by atoms with Gasteiger partial charge in [-0.05, 0) is 38.7 Å². The van der Waals surface area contributed by atoms with E-state index in [1.165, 1.54) is 4.90 Å². The van der Waals surface area contributed by atoms with E-state index in [9.17, 15) is 9.59 Å². The van der Waals surface area contributed by atoms with Crippen molar-refractivity contribution in [3.05, 3.63) is 23.9 Å². The van der Waals surface area contributed by atoms with Crippen molar-refractivity contribution in [3.8, 4) is 5.88 Å². The molecule has 0 radical (unpaired) electrons. The highest BCUT2D eigenvalue weighted by Crippen LogP contribution is 2.29. The Bertz CT molecular complexity index is 548. The SMILES string of the molecule is COc1ccc([C@H]2CCN(C(=O)OC(C)(C)C)C(=O)C2)cn1. The first kappa shape index (κ1) is 16.3. The van der Waals surface area contributed by atoms with Gasteiger partial charge in [-0.2, -0.15) is 0 Å². The number of pyridine rings is 1. The van der Waals surface area contributed by atoms with Crippen molar-refractivity contribution in [1.82, 2.24) is 9.88 Å². The van der Waals surface area contributed by atoms with Gasteiger partial charge < -0.3 is 9.47 Å². The van der Waals surface area contributed by atoms with Crippen LogP contribution in [0.4, 0.5) is 4.79 Å². The minimum Gasteiger partial charge on any atom is -0.481 e. The number of methoxy groups -OCH3 is 1. The lowest BCUT2D eigenvalue weighted by molar-refractivity contribution is -0.132. The van der Waals surface area contributed by atoms with Gasteiger partial charge in [0.25, 0.3) is 0 Å². The molecule has 1 atom stereocenters. The average Bonchev–Trinajstić information content (AvgIpc) is 2.45. The zero-order valence-corrected chi connectivity index (χ0v) is 13.5. The van der Waals surface area contributed by atoms with Gasteiger partial charge in [-0.15, -0.1) is 0 Å². The largest absolute Gasteiger partial charge is 0.481 e. The summed E-state index contributed by atoms with van der Waals surface area (Å²) in [4.78, 5) is 29.6. The summed E-state index contributed by atoms with van der Waals surface area (Å²) in [5.74, 6) is 0.409. The monoisotopic (exact) mass is 306 g/mol. The number of ether oxygens (including phenoxy) is 2. The van der Waals surface area contributed by atoms with Crippen molar-refractivity contribution in [2.24, 2.45) is 0 Å². The second-order valence-corrected chi connectivity index (χ2v) is 6.35. The molecule has 1 fully saturated rings. The first-order chi connectivity index (χ1) is 10.3. The zero-order valence-electron chi connectivity index (χ0n) is 13.5. The summed E-state index contributed by atoms with van der Waals surface area (Å²) in [6, 6.07) is 3.69. The van der Waals surface area contributed by atoms with Crippen molar-refractivity contribution in [2.45, 2.75) is 45.1 Å². The third-order valence-corrected chi connectivity index (χ3v) is 3.48. The molecule has 1 aliphatic rings. The molecule has 2 amide bonds. The van der Waals surface area contributed by atoms with E-state index in [-0.39, 0.29) is 18.2 Å². The number of amides is 2. The summed E-state index contributed by atoms with van der Waals surface area (Å²) < 4.78 is 10.3. The molecule has 2 heterocycles. The Labute approximate surface area is 130 Å². The van der Waals surface area contributed by atoms with Gasteiger partial charge in [0.15, 0.2) is 0 Å². The molecule has 0 aliphatic carbocycles. The number of nitrogens with zero attached hydrogens (tertiary/aromatic N) is 2. The van der Waals surface area contributed by atoms with E-state index in [4.69, 9.17) is 9.47 Å². The summed E-state index contributed by atoms with van der Waals surface area (Å²) in [5.41, 5.74) is 0.381. The summed E-state index contributed by atoms with van der Waals surface area (Å²) in [6.07, 6.45) is 2.15. The van der Waals surface area contributed by atoms with Crippen molar-refractivity contribution in [1.29, 1.82) is 0 Å². The third kappa shape index (κ3) is 3.96. The predicted octanol–water partition coefficient (Wildman–Crippen LogP) is 2.73. The Kier molecular flexibility index (Phi) is 4.68. The van der Waals surface area contributed by atoms with E-state index >= 15 is 0 Å². The van der Waals surface area contributed by atoms with Crippen molar-refractivity contribution >= 4 is 12.0 Å². The van der Waals surface area contributed by atoms with Crippen LogP contribution in [0.2, 0.25) is 0 Å². The lowest BCUT2D eigenvalue weighted by atomic mass is 9.90. The minimum absolute atomic E-state index is 0.0737. The highest BCUT2D eigenvalue weighted by atomic mass is 16.6. The molecule has 0 saturated carbocycles. The molecular formula is C16H22N2O4. The minimum atomic E-state index is -0.603. The number of piperidine rings is 1. The normalized spacial score (nSPS) is 19.0. The molecule has 22 heavy (non-hydrogen) atoms. The van der Waals surface area contributed by atoms with Crippen LogP contribution in [0.15, 0.2) is 18.3 Å². The number of carbonyl (C=O) groups is 2. The molecule has 0 spiro atoms. The molecule has 0 aromatic carbocycles. The molecule has 0 bridgehead atoms. The maximum atomic E-state index is 12.2. The number of aromatic nitrogens is 1. The second kappa shape index (κ2) is 6.34. The zero-order chi connectivity index (χ0) is 16.3. The quantitative estimate of drug-likeness (QED) is 0.840. The number of carbonyl (C=O) groups excluding carboxylic acids is 2. The Morgan fingerprint density at radius 2 is 2.09 bits per heavy atom. The van der Waals surface area contributed by atoms with Gasteiger partial charge in [-0.25, -0.2) is 14.7 Å². The molecule has 6 heteroatoms. The number of rotatable bonds is 2. The fourth-order valence-corrected chi connectivity index (χ4v) is 2.38. The molecule has 120 valence electrons. The van der Waals surface area contributed by atoms with Gasteiger partial charge >= 0.3 is 6.09 Å². The summed E-state index contributed by atoms with van der Waals surface area (Å²) >= 11 is 0. The molecule has 1 aliphatic heterocycles. The van der Waals surface area contributed by atoms with E-state index in [1.807, 2.05) is 6.07 Å². The Hall–Kier alpha value is -2.11. The number of likely N-dealkylation sites (tertiary alicyclic amines) is 1. The molecule has 1 saturated heterocycles. The van der Waals surface area contributed by atoms with Gasteiger partial charge in [0.05, 0.1) is 7.11 Å². The molecule has 6 nitrogen and oxygen atoms in total. The Balaban J connectivity index is 2.00. The van der Waals surface area contributed by atoms with E-state index in [0.29, 0.717) is 18.8 Å². The molecule has 1 aromatic heterocycles. The smallest absolute Gasteiger partial charge is 0.417 e. The maximum absolute atomic E-state index is 12.2. The van der Waals surface area contributed by atoms with Crippen LogP contribution in [0.3, 0.4) is 0 Å². The van der Waals surface area contributed by atoms with Crippen molar-refractivity contribution in [3.63, 3.8) is 0 Å². The summed E-state index contributed by atoms with van der Waals surface area (Å²) in [5, 5.41) is 0. The van der Waals surface area contributed by atoms with Crippen LogP contribution < -0.4 is 4.74 Å². The van der Waals surface area contributed by atoms with E-state index in [0.717, 1.165) is 5.56 Å². The molecule has 0 N–H and O–H groups in total. The Morgan fingerprint density at radius 3 is 2.59 bits per heavy atom. The summed E-state index contributed by atoms with van der Waals surface area (Å²) in [6.45, 7) is 5.71. The maximum Gasteiger partial charge on any atom is 0.417 e. The first-order valence-corrected chi connectivity index (χ1v) is 7.33. The van der Waals surface area contributed by atoms with Gasteiger partial charge in [-0.1, -0.05) is 6.07 Å². The van der Waals surface area contributed by atoms with Crippen LogP contribution in [0, 0.1) is 0 Å². The number of hydrogen-bond acceptors (Lipinski definition) is 5. The van der Waals surface area contributed by atoms with Crippen LogP contribution >= 0.6 is 0 Å². The van der Waals surface area contributed by atoms with Gasteiger partial charge in [-0.3, -0.25) is 4.79 Å². The van der Waals surface area contributed by atoms with Gasteiger partial charge in [0, 0.05) is 25.2 Å². The number of imide groups is 1. The second-order valence-electron chi connectivity index (χ2n) is 6.35. The number of hydrogen-bond donors (Lipinski definition) is 0. The van der Waals surface area contributed by atoms with Crippen LogP contribution in [0.25, 0.3) is 0 Å². The lowest BCUT2D eigenvalue weighted by Crippen LogP contribution is -2.44. The third-order valence-electron chi connectivity index (χ3n) is 3.48. The van der Waals surface area contributed by atoms with Crippen LogP contribution in [0.5, 0.6) is 5.88 Å². The fraction of sp³-hybridized carbons (Fsp3) is 0.562. The van der Waals surface area contributed by atoms with E-state index in [2.05, 4.69) is 4.98 Å². The summed E-state index contributed by atoms with van der Waals surface area (Å²) in [7, 11) is 1.56. The fourth-order valence-electron chi connectivity index (χ4n) is 2.38. The van der Waals surface area contributed by atoms with Crippen LogP contribution in [0.1, 0.15) is 45.1 Å². The van der Waals surface area contributed by atoms with Crippen LogP contribution in [-0.2, 0) is 9.53 Å². The van der Waals surface area contributed by atoms with Gasteiger partial charge in [0.2, 0.25) is 11.8 Å². The highest BCUT2D eigenvalue weighted by molar-refractivity contribution is 5.93. The molecule has 0 unspecified atom stereocenters. The highest BCUT2D eigenvalue weighted by Gasteiger charge is 2.33. The van der Waals surface area contributed by atoms with Gasteiger partial charge in [0.1, 0.15) is 5.60 Å². The lowest BCUT2D eigenvalue weighted by Gasteiger charge is -2.32. The topological polar surface area (TPSA) is 68.7 Å². The predicted molar refractivity (Wildman–Crippen MR) is 80.7 cm³/mol. The first-order valence-electron chi connectivity index (χ1n) is 7.33. The van der Waals surface area contributed by atoms with Crippen molar-refractivity contribution < 1.29 is 19.1 Å².